The van der Waals surface area contributed by atoms with E-state index in [-0.39, 0.29) is 6.04 Å². The first kappa shape index (κ1) is 14.9. The highest BCUT2D eigenvalue weighted by molar-refractivity contribution is 9.10. The van der Waals surface area contributed by atoms with Gasteiger partial charge >= 0.3 is 0 Å². The van der Waals surface area contributed by atoms with Gasteiger partial charge in [0.2, 0.25) is 0 Å². The van der Waals surface area contributed by atoms with Crippen molar-refractivity contribution in [3.05, 3.63) is 52.8 Å². The summed E-state index contributed by atoms with van der Waals surface area (Å²) >= 11 is 3.42. The third kappa shape index (κ3) is 3.97. The first-order chi connectivity index (χ1) is 9.70. The van der Waals surface area contributed by atoms with Gasteiger partial charge in [-0.1, -0.05) is 38.0 Å². The lowest BCUT2D eigenvalue weighted by Crippen LogP contribution is -2.11. The molecule has 0 saturated carbocycles. The van der Waals surface area contributed by atoms with Crippen LogP contribution in [-0.4, -0.2) is 10.1 Å². The Bertz CT molecular complexity index is 560. The van der Waals surface area contributed by atoms with Crippen LogP contribution in [0.1, 0.15) is 37.8 Å². The molecule has 0 spiro atoms. The SMILES string of the molecule is CCCCC(Nc1cncc(Br)c1)c1ccccc1O. The highest BCUT2D eigenvalue weighted by atomic mass is 79.9. The normalized spacial score (nSPS) is 12.1. The molecule has 0 amide bonds. The Kier molecular flexibility index (Phi) is 5.41. The number of nitrogens with zero attached hydrogens (tertiary/aromatic N) is 1. The maximum atomic E-state index is 10.0. The molecule has 0 aliphatic rings. The van der Waals surface area contributed by atoms with Crippen molar-refractivity contribution < 1.29 is 5.11 Å². The van der Waals surface area contributed by atoms with Crippen molar-refractivity contribution in [1.29, 1.82) is 0 Å². The number of aromatic hydroxyl groups is 1. The van der Waals surface area contributed by atoms with E-state index >= 15 is 0 Å². The zero-order valence-corrected chi connectivity index (χ0v) is 13.1. The lowest BCUT2D eigenvalue weighted by Gasteiger charge is -2.21. The van der Waals surface area contributed by atoms with Crippen LogP contribution in [0.25, 0.3) is 0 Å². The Morgan fingerprint density at radius 2 is 2.10 bits per heavy atom. The van der Waals surface area contributed by atoms with Crippen LogP contribution in [0.15, 0.2) is 47.2 Å². The first-order valence-electron chi connectivity index (χ1n) is 6.85. The van der Waals surface area contributed by atoms with Crippen molar-refractivity contribution >= 4 is 21.6 Å². The van der Waals surface area contributed by atoms with E-state index in [4.69, 9.17) is 0 Å². The number of phenols is 1. The summed E-state index contributed by atoms with van der Waals surface area (Å²) in [5.74, 6) is 0.337. The summed E-state index contributed by atoms with van der Waals surface area (Å²) in [7, 11) is 0. The number of pyridine rings is 1. The standard InChI is InChI=1S/C16H19BrN2O/c1-2-3-7-15(14-6-4-5-8-16(14)20)19-13-9-12(17)10-18-11-13/h4-6,8-11,15,19-20H,2-3,7H2,1H3. The summed E-state index contributed by atoms with van der Waals surface area (Å²) in [6.07, 6.45) is 6.76. The second kappa shape index (κ2) is 7.29. The topological polar surface area (TPSA) is 45.2 Å². The summed E-state index contributed by atoms with van der Waals surface area (Å²) in [4.78, 5) is 4.16. The second-order valence-electron chi connectivity index (χ2n) is 4.79. The van der Waals surface area contributed by atoms with Gasteiger partial charge in [-0.05, 0) is 34.5 Å². The summed E-state index contributed by atoms with van der Waals surface area (Å²) in [6, 6.07) is 9.58. The van der Waals surface area contributed by atoms with Crippen molar-refractivity contribution in [2.45, 2.75) is 32.2 Å². The fourth-order valence-electron chi connectivity index (χ4n) is 2.19. The molecule has 0 fully saturated rings. The van der Waals surface area contributed by atoms with Gasteiger partial charge in [-0.25, -0.2) is 0 Å². The van der Waals surface area contributed by atoms with Gasteiger partial charge in [-0.3, -0.25) is 4.98 Å². The molecule has 0 aliphatic carbocycles. The van der Waals surface area contributed by atoms with E-state index in [1.807, 2.05) is 24.3 Å². The Morgan fingerprint density at radius 3 is 2.80 bits per heavy atom. The fourth-order valence-corrected chi connectivity index (χ4v) is 2.55. The first-order valence-corrected chi connectivity index (χ1v) is 7.65. The molecule has 2 N–H and O–H groups in total. The van der Waals surface area contributed by atoms with E-state index in [9.17, 15) is 5.11 Å². The van der Waals surface area contributed by atoms with Crippen LogP contribution in [0.4, 0.5) is 5.69 Å². The summed E-state index contributed by atoms with van der Waals surface area (Å²) in [5.41, 5.74) is 1.88. The third-order valence-corrected chi connectivity index (χ3v) is 3.64. The van der Waals surface area contributed by atoms with Crippen molar-refractivity contribution in [3.8, 4) is 5.75 Å². The Labute approximate surface area is 128 Å². The predicted octanol–water partition coefficient (Wildman–Crippen LogP) is 4.89. The maximum Gasteiger partial charge on any atom is 0.120 e. The van der Waals surface area contributed by atoms with Gasteiger partial charge in [-0.2, -0.15) is 0 Å². The number of rotatable bonds is 6. The molecular formula is C16H19BrN2O. The number of halogens is 1. The van der Waals surface area contributed by atoms with E-state index < -0.39 is 0 Å². The van der Waals surface area contributed by atoms with Crippen LogP contribution < -0.4 is 5.32 Å². The average molecular weight is 335 g/mol. The molecule has 0 bridgehead atoms. The minimum absolute atomic E-state index is 0.0900. The maximum absolute atomic E-state index is 10.0. The van der Waals surface area contributed by atoms with E-state index in [0.717, 1.165) is 35.0 Å². The number of aromatic nitrogens is 1. The van der Waals surface area contributed by atoms with E-state index in [0.29, 0.717) is 5.75 Å². The number of anilines is 1. The van der Waals surface area contributed by atoms with E-state index in [2.05, 4.69) is 33.2 Å². The van der Waals surface area contributed by atoms with Gasteiger partial charge in [0.1, 0.15) is 5.75 Å². The van der Waals surface area contributed by atoms with Crippen LogP contribution in [0.5, 0.6) is 5.75 Å². The van der Waals surface area contributed by atoms with Crippen LogP contribution >= 0.6 is 15.9 Å². The summed E-state index contributed by atoms with van der Waals surface area (Å²) in [5, 5.41) is 13.5. The molecule has 4 heteroatoms. The van der Waals surface area contributed by atoms with Crippen LogP contribution in [-0.2, 0) is 0 Å². The average Bonchev–Trinajstić information content (AvgIpc) is 2.44. The van der Waals surface area contributed by atoms with Crippen molar-refractivity contribution in [3.63, 3.8) is 0 Å². The predicted molar refractivity (Wildman–Crippen MR) is 85.9 cm³/mol. The molecule has 0 saturated heterocycles. The molecule has 1 heterocycles. The molecule has 106 valence electrons. The van der Waals surface area contributed by atoms with Gasteiger partial charge in [0.15, 0.2) is 0 Å². The lowest BCUT2D eigenvalue weighted by molar-refractivity contribution is 0.460. The van der Waals surface area contributed by atoms with Crippen molar-refractivity contribution in [2.75, 3.05) is 5.32 Å². The molecule has 1 aromatic carbocycles. The molecule has 0 aliphatic heterocycles. The van der Waals surface area contributed by atoms with Crippen LogP contribution in [0, 0.1) is 0 Å². The number of hydrogen-bond acceptors (Lipinski definition) is 3. The monoisotopic (exact) mass is 334 g/mol. The van der Waals surface area contributed by atoms with Crippen molar-refractivity contribution in [1.82, 2.24) is 4.98 Å². The molecule has 1 aromatic heterocycles. The van der Waals surface area contributed by atoms with Crippen LogP contribution in [0.2, 0.25) is 0 Å². The number of nitrogens with one attached hydrogen (secondary N) is 1. The zero-order valence-electron chi connectivity index (χ0n) is 11.5. The Balaban J connectivity index is 2.22. The molecule has 3 nitrogen and oxygen atoms in total. The smallest absolute Gasteiger partial charge is 0.120 e. The number of para-hydroxylation sites is 1. The summed E-state index contributed by atoms with van der Waals surface area (Å²) in [6.45, 7) is 2.17. The van der Waals surface area contributed by atoms with E-state index in [1.54, 1.807) is 18.5 Å². The second-order valence-corrected chi connectivity index (χ2v) is 5.71. The van der Waals surface area contributed by atoms with Gasteiger partial charge in [0.25, 0.3) is 0 Å². The number of hydrogen-bond donors (Lipinski definition) is 2. The number of unbranched alkanes of at least 4 members (excludes halogenated alkanes) is 1. The largest absolute Gasteiger partial charge is 0.508 e. The van der Waals surface area contributed by atoms with Gasteiger partial charge in [0, 0.05) is 16.2 Å². The Morgan fingerprint density at radius 1 is 1.30 bits per heavy atom. The number of phenolic OH excluding ortho intramolecular Hbond substituents is 1. The lowest BCUT2D eigenvalue weighted by atomic mass is 10.00. The van der Waals surface area contributed by atoms with Crippen molar-refractivity contribution in [2.24, 2.45) is 0 Å². The molecule has 0 radical (unpaired) electrons. The minimum atomic E-state index is 0.0900. The van der Waals surface area contributed by atoms with E-state index in [1.165, 1.54) is 0 Å². The molecule has 20 heavy (non-hydrogen) atoms. The fraction of sp³-hybridized carbons (Fsp3) is 0.312. The summed E-state index contributed by atoms with van der Waals surface area (Å²) < 4.78 is 0.939. The molecule has 2 aromatic rings. The number of benzene rings is 1. The zero-order chi connectivity index (χ0) is 14.4. The molecule has 1 unspecified atom stereocenters. The van der Waals surface area contributed by atoms with Gasteiger partial charge in [-0.15, -0.1) is 0 Å². The van der Waals surface area contributed by atoms with Gasteiger partial charge < -0.3 is 10.4 Å². The molecular weight excluding hydrogens is 316 g/mol. The molecule has 2 rings (SSSR count). The third-order valence-electron chi connectivity index (χ3n) is 3.20. The molecule has 1 atom stereocenters. The highest BCUT2D eigenvalue weighted by Crippen LogP contribution is 2.31. The van der Waals surface area contributed by atoms with Crippen LogP contribution in [0.3, 0.4) is 0 Å². The quantitative estimate of drug-likeness (QED) is 0.790. The highest BCUT2D eigenvalue weighted by Gasteiger charge is 2.14. The Hall–Kier alpha value is -1.55. The minimum Gasteiger partial charge on any atom is -0.508 e. The van der Waals surface area contributed by atoms with Gasteiger partial charge in [0.05, 0.1) is 17.9 Å².